The van der Waals surface area contributed by atoms with Crippen LogP contribution in [-0.4, -0.2) is 28.6 Å². The monoisotopic (exact) mass is 307 g/mol. The smallest absolute Gasteiger partial charge is 0.310 e. The second-order valence-electron chi connectivity index (χ2n) is 5.89. The number of benzene rings is 1. The van der Waals surface area contributed by atoms with Gasteiger partial charge in [-0.25, -0.2) is 0 Å². The van der Waals surface area contributed by atoms with Gasteiger partial charge in [-0.15, -0.1) is 0 Å². The Kier molecular flexibility index (Phi) is 6.12. The molecule has 1 atom stereocenters. The fourth-order valence-electron chi connectivity index (χ4n) is 2.83. The number of nitrogens with one attached hydrogen (secondary N) is 1. The second kappa shape index (κ2) is 7.85. The predicted molar refractivity (Wildman–Crippen MR) is 88.9 cm³/mol. The maximum absolute atomic E-state index is 11.0. The van der Waals surface area contributed by atoms with Crippen LogP contribution < -0.4 is 5.32 Å². The van der Waals surface area contributed by atoms with Crippen LogP contribution in [0.2, 0.25) is 0 Å². The van der Waals surface area contributed by atoms with Crippen LogP contribution >= 0.6 is 11.8 Å². The number of hydrogen-bond donors (Lipinski definition) is 2. The Hall–Kier alpha value is -1.00. The standard InChI is InChI=1S/C17H25NO2S/c1-12(17(19)20)14-5-3-13(4-6-14)11-18-15-7-9-16(21-2)10-8-15/h3-6,12,15-16,18H,7-11H2,1-2H3,(H,19,20). The molecule has 1 aliphatic rings. The summed E-state index contributed by atoms with van der Waals surface area (Å²) in [6.45, 7) is 2.59. The van der Waals surface area contributed by atoms with E-state index in [1.807, 2.05) is 36.0 Å². The number of thioether (sulfide) groups is 1. The summed E-state index contributed by atoms with van der Waals surface area (Å²) in [6.07, 6.45) is 7.36. The Morgan fingerprint density at radius 2 is 1.90 bits per heavy atom. The highest BCUT2D eigenvalue weighted by Crippen LogP contribution is 2.27. The van der Waals surface area contributed by atoms with Gasteiger partial charge in [0.25, 0.3) is 0 Å². The SMILES string of the molecule is CSC1CCC(NCc2ccc(C(C)C(=O)O)cc2)CC1. The first-order chi connectivity index (χ1) is 10.1. The molecule has 1 fully saturated rings. The van der Waals surface area contributed by atoms with Crippen molar-refractivity contribution in [1.29, 1.82) is 0 Å². The molecular formula is C17H25NO2S. The van der Waals surface area contributed by atoms with Crippen molar-refractivity contribution < 1.29 is 9.90 Å². The van der Waals surface area contributed by atoms with Gasteiger partial charge < -0.3 is 10.4 Å². The summed E-state index contributed by atoms with van der Waals surface area (Å²) in [4.78, 5) is 11.0. The molecule has 0 aromatic heterocycles. The Morgan fingerprint density at radius 3 is 2.43 bits per heavy atom. The van der Waals surface area contributed by atoms with E-state index in [1.54, 1.807) is 6.92 Å². The van der Waals surface area contributed by atoms with Gasteiger partial charge in [0.15, 0.2) is 0 Å². The van der Waals surface area contributed by atoms with Crippen LogP contribution in [0.3, 0.4) is 0 Å². The number of aliphatic carboxylic acids is 1. The fourth-order valence-corrected chi connectivity index (χ4v) is 3.58. The van der Waals surface area contributed by atoms with Crippen molar-refractivity contribution in [3.05, 3.63) is 35.4 Å². The highest BCUT2D eigenvalue weighted by atomic mass is 32.2. The molecule has 1 aromatic rings. The summed E-state index contributed by atoms with van der Waals surface area (Å²) in [6, 6.07) is 8.57. The molecule has 2 rings (SSSR count). The van der Waals surface area contributed by atoms with Crippen molar-refractivity contribution in [2.75, 3.05) is 6.26 Å². The van der Waals surface area contributed by atoms with E-state index in [1.165, 1.54) is 31.2 Å². The molecule has 0 heterocycles. The molecule has 2 N–H and O–H groups in total. The first-order valence-electron chi connectivity index (χ1n) is 7.68. The van der Waals surface area contributed by atoms with Crippen molar-refractivity contribution in [1.82, 2.24) is 5.32 Å². The normalized spacial score (nSPS) is 23.7. The Morgan fingerprint density at radius 1 is 1.29 bits per heavy atom. The third-order valence-electron chi connectivity index (χ3n) is 4.45. The lowest BCUT2D eigenvalue weighted by Gasteiger charge is -2.28. The Labute approximate surface area is 131 Å². The first kappa shape index (κ1) is 16.4. The second-order valence-corrected chi connectivity index (χ2v) is 7.03. The van der Waals surface area contributed by atoms with Crippen LogP contribution in [0.1, 0.15) is 49.7 Å². The lowest BCUT2D eigenvalue weighted by molar-refractivity contribution is -0.138. The van der Waals surface area contributed by atoms with Crippen molar-refractivity contribution in [3.63, 3.8) is 0 Å². The molecule has 3 nitrogen and oxygen atoms in total. The summed E-state index contributed by atoms with van der Waals surface area (Å²) >= 11 is 1.99. The van der Waals surface area contributed by atoms with E-state index in [0.717, 1.165) is 17.4 Å². The van der Waals surface area contributed by atoms with Crippen LogP contribution in [-0.2, 0) is 11.3 Å². The molecule has 1 aromatic carbocycles. The molecule has 0 radical (unpaired) electrons. The van der Waals surface area contributed by atoms with Crippen LogP contribution in [0.15, 0.2) is 24.3 Å². The number of rotatable bonds is 6. The van der Waals surface area contributed by atoms with Crippen molar-refractivity contribution in [3.8, 4) is 0 Å². The molecule has 1 saturated carbocycles. The summed E-state index contributed by atoms with van der Waals surface area (Å²) in [5, 5.41) is 13.5. The van der Waals surface area contributed by atoms with Gasteiger partial charge in [0.1, 0.15) is 0 Å². The summed E-state index contributed by atoms with van der Waals surface area (Å²) < 4.78 is 0. The number of carboxylic acid groups (broad SMARTS) is 1. The number of carbonyl (C=O) groups is 1. The molecule has 0 aliphatic heterocycles. The summed E-state index contributed by atoms with van der Waals surface area (Å²) in [5.41, 5.74) is 2.09. The molecule has 0 saturated heterocycles. The Balaban J connectivity index is 1.80. The van der Waals surface area contributed by atoms with E-state index in [-0.39, 0.29) is 0 Å². The van der Waals surface area contributed by atoms with Crippen LogP contribution in [0, 0.1) is 0 Å². The van der Waals surface area contributed by atoms with E-state index < -0.39 is 11.9 Å². The van der Waals surface area contributed by atoms with Gasteiger partial charge in [0.05, 0.1) is 5.92 Å². The van der Waals surface area contributed by atoms with Crippen molar-refractivity contribution in [2.45, 2.75) is 56.4 Å². The quantitative estimate of drug-likeness (QED) is 0.842. The summed E-state index contributed by atoms with van der Waals surface area (Å²) in [7, 11) is 0. The third-order valence-corrected chi connectivity index (χ3v) is 5.59. The minimum Gasteiger partial charge on any atom is -0.481 e. The Bertz CT molecular complexity index is 452. The van der Waals surface area contributed by atoms with Crippen LogP contribution in [0.4, 0.5) is 0 Å². The molecule has 0 amide bonds. The molecule has 116 valence electrons. The van der Waals surface area contributed by atoms with Gasteiger partial charge in [0.2, 0.25) is 0 Å². The molecule has 0 spiro atoms. The number of carboxylic acids is 1. The van der Waals surface area contributed by atoms with E-state index in [4.69, 9.17) is 5.11 Å². The predicted octanol–water partition coefficient (Wildman–Crippen LogP) is 3.64. The van der Waals surface area contributed by atoms with E-state index in [2.05, 4.69) is 11.6 Å². The largest absolute Gasteiger partial charge is 0.481 e. The highest BCUT2D eigenvalue weighted by Gasteiger charge is 2.19. The van der Waals surface area contributed by atoms with E-state index in [9.17, 15) is 4.79 Å². The highest BCUT2D eigenvalue weighted by molar-refractivity contribution is 7.99. The van der Waals surface area contributed by atoms with Gasteiger partial charge in [0, 0.05) is 17.8 Å². The average Bonchev–Trinajstić information content (AvgIpc) is 2.53. The minimum absolute atomic E-state index is 0.436. The molecule has 1 unspecified atom stereocenters. The molecule has 21 heavy (non-hydrogen) atoms. The van der Waals surface area contributed by atoms with Gasteiger partial charge >= 0.3 is 5.97 Å². The zero-order valence-electron chi connectivity index (χ0n) is 12.8. The van der Waals surface area contributed by atoms with Crippen molar-refractivity contribution >= 4 is 17.7 Å². The van der Waals surface area contributed by atoms with E-state index >= 15 is 0 Å². The van der Waals surface area contributed by atoms with Gasteiger partial charge in [-0.3, -0.25) is 4.79 Å². The molecule has 0 bridgehead atoms. The molecule has 4 heteroatoms. The van der Waals surface area contributed by atoms with Gasteiger partial charge in [-0.2, -0.15) is 11.8 Å². The van der Waals surface area contributed by atoms with Gasteiger partial charge in [-0.05, 0) is 50.0 Å². The van der Waals surface area contributed by atoms with Crippen LogP contribution in [0.25, 0.3) is 0 Å². The number of hydrogen-bond acceptors (Lipinski definition) is 3. The average molecular weight is 307 g/mol. The fraction of sp³-hybridized carbons (Fsp3) is 0.588. The maximum Gasteiger partial charge on any atom is 0.310 e. The van der Waals surface area contributed by atoms with E-state index in [0.29, 0.717) is 6.04 Å². The molecular weight excluding hydrogens is 282 g/mol. The lowest BCUT2D eigenvalue weighted by atomic mass is 9.94. The minimum atomic E-state index is -0.772. The molecule has 1 aliphatic carbocycles. The van der Waals surface area contributed by atoms with Crippen molar-refractivity contribution in [2.24, 2.45) is 0 Å². The van der Waals surface area contributed by atoms with Crippen LogP contribution in [0.5, 0.6) is 0 Å². The third kappa shape index (κ3) is 4.75. The first-order valence-corrected chi connectivity index (χ1v) is 8.96. The summed E-state index contributed by atoms with van der Waals surface area (Å²) in [5.74, 6) is -1.21. The maximum atomic E-state index is 11.0. The topological polar surface area (TPSA) is 49.3 Å². The zero-order valence-corrected chi connectivity index (χ0v) is 13.7. The lowest BCUT2D eigenvalue weighted by Crippen LogP contribution is -2.33. The van der Waals surface area contributed by atoms with Gasteiger partial charge in [-0.1, -0.05) is 24.3 Å². The zero-order chi connectivity index (χ0) is 15.2.